The first kappa shape index (κ1) is 24.8. The van der Waals surface area contributed by atoms with Gasteiger partial charge in [0.15, 0.2) is 0 Å². The third-order valence-corrected chi connectivity index (χ3v) is 3.17. The molecular formula is C17H30O2Y. The molecule has 0 aromatic heterocycles. The van der Waals surface area contributed by atoms with Crippen molar-refractivity contribution in [1.29, 1.82) is 0 Å². The van der Waals surface area contributed by atoms with Crippen LogP contribution in [0.1, 0.15) is 65.2 Å². The number of Topliss-reactive ketones (excluding diaryl/α,β-unsaturated/α-hetero) is 1. The number of aryl methyl sites for hydroxylation is 2. The van der Waals surface area contributed by atoms with Crippen molar-refractivity contribution in [2.24, 2.45) is 0 Å². The molecule has 0 amide bonds. The van der Waals surface area contributed by atoms with Crippen LogP contribution in [0.5, 0.6) is 5.75 Å². The first-order valence-corrected chi connectivity index (χ1v) is 6.10. The number of hydrogen-bond donors (Lipinski definition) is 1. The number of carbonyl (C=O) groups is 1. The summed E-state index contributed by atoms with van der Waals surface area (Å²) in [4.78, 5) is 11.6. The van der Waals surface area contributed by atoms with Gasteiger partial charge in [-0.05, 0) is 31.0 Å². The van der Waals surface area contributed by atoms with E-state index in [1.165, 1.54) is 0 Å². The summed E-state index contributed by atoms with van der Waals surface area (Å²) < 4.78 is 0. The molecule has 0 aliphatic heterocycles. The monoisotopic (exact) mass is 355 g/mol. The summed E-state index contributed by atoms with van der Waals surface area (Å²) in [5.74, 6) is 0.533. The van der Waals surface area contributed by atoms with Gasteiger partial charge in [0.25, 0.3) is 0 Å². The van der Waals surface area contributed by atoms with Gasteiger partial charge in [-0.15, -0.1) is 0 Å². The van der Waals surface area contributed by atoms with Gasteiger partial charge in [0.1, 0.15) is 11.5 Å². The predicted molar refractivity (Wildman–Crippen MR) is 84.0 cm³/mol. The second-order valence-electron chi connectivity index (χ2n) is 5.43. The second kappa shape index (κ2) is 9.68. The molecule has 1 rings (SSSR count). The molecule has 0 saturated carbocycles. The zero-order valence-electron chi connectivity index (χ0n) is 12.0. The number of hydrogen-bond acceptors (Lipinski definition) is 2. The summed E-state index contributed by atoms with van der Waals surface area (Å²) >= 11 is 0. The molecule has 0 fully saturated rings. The van der Waals surface area contributed by atoms with Crippen LogP contribution in [0, 0.1) is 13.8 Å². The van der Waals surface area contributed by atoms with Gasteiger partial charge in [-0.1, -0.05) is 41.7 Å². The van der Waals surface area contributed by atoms with Gasteiger partial charge < -0.3 is 5.11 Å². The average Bonchev–Trinajstić information content (AvgIpc) is 2.14. The van der Waals surface area contributed by atoms with Crippen molar-refractivity contribution in [3.05, 3.63) is 28.8 Å². The fourth-order valence-electron chi connectivity index (χ4n) is 2.53. The van der Waals surface area contributed by atoms with Crippen LogP contribution in [0.2, 0.25) is 0 Å². The molecule has 113 valence electrons. The summed E-state index contributed by atoms with van der Waals surface area (Å²) in [5.41, 5.74) is 2.68. The topological polar surface area (TPSA) is 37.3 Å². The minimum absolute atomic E-state index is 0. The molecule has 0 unspecified atom stereocenters. The van der Waals surface area contributed by atoms with Crippen molar-refractivity contribution in [2.45, 2.75) is 67.7 Å². The number of aromatic hydroxyl groups is 1. The Balaban J connectivity index is -0.000000963. The van der Waals surface area contributed by atoms with Crippen molar-refractivity contribution in [3.63, 3.8) is 0 Å². The molecule has 2 nitrogen and oxygen atoms in total. The van der Waals surface area contributed by atoms with Gasteiger partial charge in [0, 0.05) is 56.5 Å². The molecule has 0 spiro atoms. The molecule has 1 N–H and O–H groups in total. The minimum atomic E-state index is -0.311. The minimum Gasteiger partial charge on any atom is -0.508 e. The smallest absolute Gasteiger partial charge is 0.133 e. The van der Waals surface area contributed by atoms with E-state index in [1.54, 1.807) is 6.07 Å². The van der Waals surface area contributed by atoms with Crippen LogP contribution < -0.4 is 0 Å². The summed E-state index contributed by atoms with van der Waals surface area (Å²) in [6, 6.07) is 3.81. The molecule has 0 saturated heterocycles. The van der Waals surface area contributed by atoms with Crippen LogP contribution in [-0.4, -0.2) is 10.9 Å². The molecule has 0 bridgehead atoms. The summed E-state index contributed by atoms with van der Waals surface area (Å²) in [6.07, 6.45) is 1.02. The fraction of sp³-hybridized carbons (Fsp3) is 0.588. The van der Waals surface area contributed by atoms with Crippen molar-refractivity contribution in [3.8, 4) is 5.75 Å². The van der Waals surface area contributed by atoms with Crippen LogP contribution in [0.25, 0.3) is 0 Å². The van der Waals surface area contributed by atoms with E-state index in [0.717, 1.165) is 16.7 Å². The largest absolute Gasteiger partial charge is 0.508 e. The zero-order valence-corrected chi connectivity index (χ0v) is 14.8. The van der Waals surface area contributed by atoms with E-state index in [0.29, 0.717) is 18.6 Å². The van der Waals surface area contributed by atoms with Gasteiger partial charge >= 0.3 is 0 Å². The van der Waals surface area contributed by atoms with Crippen molar-refractivity contribution in [1.82, 2.24) is 0 Å². The maximum absolute atomic E-state index is 11.6. The number of ketones is 1. The normalized spacial score (nSPS) is 9.85. The Labute approximate surface area is 150 Å². The maximum atomic E-state index is 11.6. The van der Waals surface area contributed by atoms with Gasteiger partial charge in [-0.2, -0.15) is 0 Å². The van der Waals surface area contributed by atoms with E-state index in [2.05, 4.69) is 0 Å². The zero-order chi connectivity index (χ0) is 13.2. The van der Waals surface area contributed by atoms with E-state index in [9.17, 15) is 9.90 Å². The van der Waals surface area contributed by atoms with Gasteiger partial charge in [0.2, 0.25) is 0 Å². The molecular weight excluding hydrogens is 325 g/mol. The maximum Gasteiger partial charge on any atom is 0.133 e. The standard InChI is InChI=1S/C15H22O2.2CH4.Y/c1-6-12(16)9-15(4,5)14-11(3)7-10(2)8-13(14)17;;;/h7-8,17H,6,9H2,1-5H3;2*1H4;. The number of rotatable bonds is 4. The van der Waals surface area contributed by atoms with E-state index < -0.39 is 0 Å². The Hall–Kier alpha value is -0.206. The van der Waals surface area contributed by atoms with Gasteiger partial charge in [-0.25, -0.2) is 0 Å². The third-order valence-electron chi connectivity index (χ3n) is 3.17. The van der Waals surface area contributed by atoms with Gasteiger partial charge in [-0.3, -0.25) is 4.79 Å². The molecule has 1 aromatic carbocycles. The van der Waals surface area contributed by atoms with Crippen LogP contribution in [0.3, 0.4) is 0 Å². The van der Waals surface area contributed by atoms with E-state index in [1.807, 2.05) is 40.7 Å². The van der Waals surface area contributed by atoms with Crippen molar-refractivity contribution in [2.75, 3.05) is 0 Å². The fourth-order valence-corrected chi connectivity index (χ4v) is 2.53. The Bertz CT molecular complexity index is 414. The molecule has 0 aliphatic carbocycles. The van der Waals surface area contributed by atoms with E-state index in [-0.39, 0.29) is 58.8 Å². The van der Waals surface area contributed by atoms with Crippen LogP contribution in [-0.2, 0) is 42.9 Å². The SMILES string of the molecule is C.C.CCC(=O)CC(C)(C)c1c(C)cc(C)cc1O.[Y]. The molecule has 0 atom stereocenters. The molecule has 0 aliphatic rings. The summed E-state index contributed by atoms with van der Waals surface area (Å²) in [7, 11) is 0. The quantitative estimate of drug-likeness (QED) is 0.832. The number of benzene rings is 1. The summed E-state index contributed by atoms with van der Waals surface area (Å²) in [6.45, 7) is 9.84. The summed E-state index contributed by atoms with van der Waals surface area (Å²) in [5, 5.41) is 10.1. The van der Waals surface area contributed by atoms with Crippen LogP contribution in [0.15, 0.2) is 12.1 Å². The van der Waals surface area contributed by atoms with E-state index in [4.69, 9.17) is 0 Å². The predicted octanol–water partition coefficient (Wildman–Crippen LogP) is 4.93. The number of phenols is 1. The molecule has 1 radical (unpaired) electrons. The Kier molecular flexibility index (Phi) is 12.0. The third kappa shape index (κ3) is 6.05. The molecule has 3 heteroatoms. The van der Waals surface area contributed by atoms with Crippen LogP contribution >= 0.6 is 0 Å². The van der Waals surface area contributed by atoms with Gasteiger partial charge in [0.05, 0.1) is 0 Å². The second-order valence-corrected chi connectivity index (χ2v) is 5.43. The Morgan fingerprint density at radius 2 is 1.70 bits per heavy atom. The number of phenolic OH excluding ortho intramolecular Hbond substituents is 1. The van der Waals surface area contributed by atoms with Crippen LogP contribution in [0.4, 0.5) is 0 Å². The van der Waals surface area contributed by atoms with Crippen molar-refractivity contribution >= 4 is 5.78 Å². The molecule has 20 heavy (non-hydrogen) atoms. The van der Waals surface area contributed by atoms with E-state index >= 15 is 0 Å². The first-order valence-electron chi connectivity index (χ1n) is 6.10. The van der Waals surface area contributed by atoms with Crippen molar-refractivity contribution < 1.29 is 42.6 Å². The Morgan fingerprint density at radius 3 is 2.10 bits per heavy atom. The molecule has 1 aromatic rings. The average molecular weight is 355 g/mol. The number of carbonyl (C=O) groups excluding carboxylic acids is 1. The Morgan fingerprint density at radius 1 is 1.20 bits per heavy atom. The molecule has 0 heterocycles. The first-order chi connectivity index (χ1) is 7.77.